The quantitative estimate of drug-likeness (QED) is 0.557. The van der Waals surface area contributed by atoms with Gasteiger partial charge in [-0.05, 0) is 33.6 Å². The van der Waals surface area contributed by atoms with Gasteiger partial charge in [-0.15, -0.1) is 0 Å². The molecule has 2 N–H and O–H groups in total. The third-order valence-electron chi connectivity index (χ3n) is 6.31. The molecule has 1 aliphatic heterocycles. The van der Waals surface area contributed by atoms with Gasteiger partial charge in [0.15, 0.2) is 17.3 Å². The number of hydrogen-bond acceptors (Lipinski definition) is 6. The van der Waals surface area contributed by atoms with E-state index < -0.39 is 28.4 Å². The summed E-state index contributed by atoms with van der Waals surface area (Å²) in [5.74, 6) is -2.48. The van der Waals surface area contributed by atoms with Crippen LogP contribution in [0.3, 0.4) is 0 Å². The van der Waals surface area contributed by atoms with Crippen molar-refractivity contribution in [1.29, 1.82) is 0 Å². The lowest BCUT2D eigenvalue weighted by Crippen LogP contribution is -2.52. The van der Waals surface area contributed by atoms with Crippen molar-refractivity contribution in [1.82, 2.24) is 0 Å². The van der Waals surface area contributed by atoms with Gasteiger partial charge in [0.05, 0.1) is 10.8 Å². The fraction of sp³-hybridized carbons (Fsp3) is 0.542. The van der Waals surface area contributed by atoms with Gasteiger partial charge in [-0.3, -0.25) is 14.4 Å². The number of phenols is 2. The van der Waals surface area contributed by atoms with Crippen molar-refractivity contribution in [3.8, 4) is 17.2 Å². The van der Waals surface area contributed by atoms with E-state index in [4.69, 9.17) is 4.74 Å². The summed E-state index contributed by atoms with van der Waals surface area (Å²) in [4.78, 5) is 39.2. The molecule has 30 heavy (non-hydrogen) atoms. The third kappa shape index (κ3) is 2.80. The summed E-state index contributed by atoms with van der Waals surface area (Å²) in [5, 5.41) is 21.6. The Labute approximate surface area is 176 Å². The van der Waals surface area contributed by atoms with Gasteiger partial charge in [-0.1, -0.05) is 27.7 Å². The van der Waals surface area contributed by atoms with Crippen molar-refractivity contribution >= 4 is 17.3 Å². The SMILES string of the molecule is CC(C)C(=O)c1c(O)cc2c(c1O)[C@H](C(C)C)C1=C(O2)C(C)(C)C(=O)C(C)(C)C1=O. The summed E-state index contributed by atoms with van der Waals surface area (Å²) in [6.45, 7) is 13.8. The predicted octanol–water partition coefficient (Wildman–Crippen LogP) is 4.53. The van der Waals surface area contributed by atoms with Crippen LogP contribution in [0, 0.1) is 22.7 Å². The Morgan fingerprint density at radius 2 is 1.60 bits per heavy atom. The molecule has 0 bridgehead atoms. The first-order valence-electron chi connectivity index (χ1n) is 10.3. The summed E-state index contributed by atoms with van der Waals surface area (Å²) < 4.78 is 6.03. The van der Waals surface area contributed by atoms with Crippen LogP contribution < -0.4 is 4.74 Å². The minimum Gasteiger partial charge on any atom is -0.507 e. The Morgan fingerprint density at radius 3 is 2.10 bits per heavy atom. The van der Waals surface area contributed by atoms with E-state index in [9.17, 15) is 24.6 Å². The van der Waals surface area contributed by atoms with Crippen LogP contribution in [-0.2, 0) is 9.59 Å². The highest BCUT2D eigenvalue weighted by molar-refractivity contribution is 6.20. The molecule has 6 nitrogen and oxygen atoms in total. The number of carbonyl (C=O) groups excluding carboxylic acids is 3. The van der Waals surface area contributed by atoms with Gasteiger partial charge < -0.3 is 14.9 Å². The average molecular weight is 414 g/mol. The zero-order chi connectivity index (χ0) is 22.9. The van der Waals surface area contributed by atoms with Crippen molar-refractivity contribution in [3.63, 3.8) is 0 Å². The standard InChI is InChI=1S/C24H30O6/c1-10(2)14-16-13(9-12(25)15(19(16)27)18(26)11(3)4)30-21-17(14)20(28)23(5,6)22(29)24(21,7)8/h9-11,14,25,27H,1-8H3/t14-/m0/s1. The second-order valence-electron chi connectivity index (χ2n) is 10.0. The smallest absolute Gasteiger partial charge is 0.175 e. The summed E-state index contributed by atoms with van der Waals surface area (Å²) in [6, 6.07) is 1.30. The van der Waals surface area contributed by atoms with Gasteiger partial charge in [-0.25, -0.2) is 0 Å². The van der Waals surface area contributed by atoms with Crippen LogP contribution in [0.4, 0.5) is 0 Å². The Kier molecular flexibility index (Phi) is 4.92. The average Bonchev–Trinajstić information content (AvgIpc) is 2.63. The van der Waals surface area contributed by atoms with Crippen LogP contribution >= 0.6 is 0 Å². The van der Waals surface area contributed by atoms with Crippen molar-refractivity contribution in [2.75, 3.05) is 0 Å². The van der Waals surface area contributed by atoms with Gasteiger partial charge in [0.1, 0.15) is 28.6 Å². The number of hydrogen-bond donors (Lipinski definition) is 2. The molecular weight excluding hydrogens is 384 g/mol. The van der Waals surface area contributed by atoms with E-state index in [1.54, 1.807) is 41.5 Å². The molecule has 0 saturated heterocycles. The third-order valence-corrected chi connectivity index (χ3v) is 6.31. The van der Waals surface area contributed by atoms with Crippen LogP contribution in [0.5, 0.6) is 17.2 Å². The topological polar surface area (TPSA) is 101 Å². The van der Waals surface area contributed by atoms with E-state index in [-0.39, 0.29) is 46.1 Å². The molecule has 1 aromatic rings. The van der Waals surface area contributed by atoms with E-state index >= 15 is 0 Å². The van der Waals surface area contributed by atoms with Crippen LogP contribution in [-0.4, -0.2) is 27.6 Å². The number of fused-ring (bicyclic) bond motifs is 1. The van der Waals surface area contributed by atoms with Crippen molar-refractivity contribution in [3.05, 3.63) is 28.5 Å². The second-order valence-corrected chi connectivity index (χ2v) is 10.0. The van der Waals surface area contributed by atoms with E-state index in [0.717, 1.165) is 0 Å². The molecule has 0 aromatic heterocycles. The molecule has 0 fully saturated rings. The molecular formula is C24H30O6. The molecule has 162 valence electrons. The van der Waals surface area contributed by atoms with E-state index in [1.807, 2.05) is 13.8 Å². The van der Waals surface area contributed by atoms with Gasteiger partial charge in [0, 0.05) is 29.0 Å². The molecule has 3 rings (SSSR count). The van der Waals surface area contributed by atoms with E-state index in [2.05, 4.69) is 0 Å². The lowest BCUT2D eigenvalue weighted by Gasteiger charge is -2.45. The van der Waals surface area contributed by atoms with Gasteiger partial charge in [-0.2, -0.15) is 0 Å². The van der Waals surface area contributed by atoms with E-state index in [1.165, 1.54) is 6.07 Å². The van der Waals surface area contributed by atoms with Crippen molar-refractivity contribution < 1.29 is 29.3 Å². The second kappa shape index (κ2) is 6.69. The number of rotatable bonds is 3. The fourth-order valence-electron chi connectivity index (χ4n) is 4.71. The molecule has 0 radical (unpaired) electrons. The van der Waals surface area contributed by atoms with Crippen molar-refractivity contribution in [2.45, 2.75) is 61.3 Å². The largest absolute Gasteiger partial charge is 0.507 e. The number of carbonyl (C=O) groups is 3. The number of allylic oxidation sites excluding steroid dienone is 2. The zero-order valence-electron chi connectivity index (χ0n) is 18.8. The molecule has 1 atom stereocenters. The molecule has 1 heterocycles. The maximum Gasteiger partial charge on any atom is 0.175 e. The molecule has 1 aromatic carbocycles. The zero-order valence-corrected chi connectivity index (χ0v) is 18.8. The van der Waals surface area contributed by atoms with Crippen molar-refractivity contribution in [2.24, 2.45) is 22.7 Å². The number of phenolic OH excluding ortho intramolecular Hbond substituents is 2. The molecule has 0 unspecified atom stereocenters. The molecule has 1 aliphatic carbocycles. The number of aromatic hydroxyl groups is 2. The molecule has 0 amide bonds. The summed E-state index contributed by atoms with van der Waals surface area (Å²) in [6.07, 6.45) is 0. The van der Waals surface area contributed by atoms with Crippen LogP contribution in [0.2, 0.25) is 0 Å². The summed E-state index contributed by atoms with van der Waals surface area (Å²) >= 11 is 0. The fourth-order valence-corrected chi connectivity index (χ4v) is 4.71. The Morgan fingerprint density at radius 1 is 1.03 bits per heavy atom. The highest BCUT2D eigenvalue weighted by Gasteiger charge is 2.57. The first-order chi connectivity index (χ1) is 13.7. The van der Waals surface area contributed by atoms with E-state index in [0.29, 0.717) is 11.1 Å². The highest BCUT2D eigenvalue weighted by Crippen LogP contribution is 2.57. The minimum atomic E-state index is -1.24. The Hall–Kier alpha value is -2.63. The number of ether oxygens (including phenoxy) is 1. The molecule has 0 spiro atoms. The van der Waals surface area contributed by atoms with Gasteiger partial charge in [0.2, 0.25) is 0 Å². The summed E-state index contributed by atoms with van der Waals surface area (Å²) in [5.41, 5.74) is -1.80. The first-order valence-corrected chi connectivity index (χ1v) is 10.3. The van der Waals surface area contributed by atoms with Crippen LogP contribution in [0.15, 0.2) is 17.4 Å². The molecule has 6 heteroatoms. The lowest BCUT2D eigenvalue weighted by molar-refractivity contribution is -0.144. The van der Waals surface area contributed by atoms with Gasteiger partial charge >= 0.3 is 0 Å². The maximum atomic E-state index is 13.5. The number of ketones is 3. The highest BCUT2D eigenvalue weighted by atomic mass is 16.5. The molecule has 2 aliphatic rings. The van der Waals surface area contributed by atoms with Gasteiger partial charge in [0.25, 0.3) is 0 Å². The van der Waals surface area contributed by atoms with Crippen LogP contribution in [0.25, 0.3) is 0 Å². The maximum absolute atomic E-state index is 13.5. The number of benzene rings is 1. The predicted molar refractivity (Wildman–Crippen MR) is 112 cm³/mol. The number of Topliss-reactive ketones (excluding diaryl/α,β-unsaturated/α-hetero) is 3. The monoisotopic (exact) mass is 414 g/mol. The summed E-state index contributed by atoms with van der Waals surface area (Å²) in [7, 11) is 0. The molecule has 0 saturated carbocycles. The first kappa shape index (κ1) is 22.1. The lowest BCUT2D eigenvalue weighted by atomic mass is 9.59. The Bertz CT molecular complexity index is 1010. The normalized spacial score (nSPS) is 22.1. The minimum absolute atomic E-state index is 0.140. The Balaban J connectivity index is 2.38. The van der Waals surface area contributed by atoms with Crippen LogP contribution in [0.1, 0.15) is 77.2 Å².